The average Bonchev–Trinajstić information content (AvgIpc) is 3.20. The first-order valence-electron chi connectivity index (χ1n) is 8.08. The molecule has 0 aliphatic heterocycles. The molecule has 3 rings (SSSR count). The van der Waals surface area contributed by atoms with E-state index in [1.807, 2.05) is 6.07 Å². The quantitative estimate of drug-likeness (QED) is 0.779. The minimum atomic E-state index is -0.415. The van der Waals surface area contributed by atoms with Gasteiger partial charge < -0.3 is 14.1 Å². The molecule has 2 aromatic heterocycles. The van der Waals surface area contributed by atoms with E-state index in [4.69, 9.17) is 9.15 Å². The van der Waals surface area contributed by atoms with Crippen molar-refractivity contribution in [3.8, 4) is 0 Å². The molecule has 0 saturated heterocycles. The van der Waals surface area contributed by atoms with Crippen LogP contribution >= 0.6 is 11.3 Å². The van der Waals surface area contributed by atoms with Crippen LogP contribution in [0.15, 0.2) is 28.9 Å². The van der Waals surface area contributed by atoms with Gasteiger partial charge in [-0.05, 0) is 48.9 Å². The maximum Gasteiger partial charge on any atom is 0.348 e. The summed E-state index contributed by atoms with van der Waals surface area (Å²) in [5.74, 6) is 0.682. The second-order valence-corrected chi connectivity index (χ2v) is 7.45. The zero-order valence-electron chi connectivity index (χ0n) is 13.9. The lowest BCUT2D eigenvalue weighted by Gasteiger charge is -2.16. The standard InChI is InChI=1S/C18H21NO4S/c1-12-5-6-15-13(8-12)9-16(24-15)18(21)23-11-17(20)19(2)10-14-4-3-7-22-14/h3-4,7,9,12H,5-6,8,10-11H2,1-2H3/t12-/m0/s1. The van der Waals surface area contributed by atoms with E-state index in [2.05, 4.69) is 6.92 Å². The zero-order valence-corrected chi connectivity index (χ0v) is 14.7. The Morgan fingerprint density at radius 3 is 3.04 bits per heavy atom. The number of furan rings is 1. The van der Waals surface area contributed by atoms with Crippen LogP contribution in [0.5, 0.6) is 0 Å². The fourth-order valence-electron chi connectivity index (χ4n) is 2.84. The third kappa shape index (κ3) is 3.87. The first kappa shape index (κ1) is 16.8. The number of nitrogens with zero attached hydrogens (tertiary/aromatic N) is 1. The lowest BCUT2D eigenvalue weighted by molar-refractivity contribution is -0.133. The Morgan fingerprint density at radius 1 is 1.46 bits per heavy atom. The maximum atomic E-state index is 12.2. The number of amides is 1. The molecule has 5 nitrogen and oxygen atoms in total. The van der Waals surface area contributed by atoms with Crippen molar-refractivity contribution < 1.29 is 18.7 Å². The lowest BCUT2D eigenvalue weighted by Crippen LogP contribution is -2.30. The van der Waals surface area contributed by atoms with E-state index in [-0.39, 0.29) is 12.5 Å². The van der Waals surface area contributed by atoms with Crippen LogP contribution in [0.2, 0.25) is 0 Å². The predicted molar refractivity (Wildman–Crippen MR) is 91.0 cm³/mol. The number of hydrogen-bond acceptors (Lipinski definition) is 5. The lowest BCUT2D eigenvalue weighted by atomic mass is 9.90. The Balaban J connectivity index is 1.52. The summed E-state index contributed by atoms with van der Waals surface area (Å²) in [5.41, 5.74) is 1.26. The Bertz CT molecular complexity index is 719. The molecule has 2 heterocycles. The molecular formula is C18H21NO4S. The van der Waals surface area contributed by atoms with E-state index in [0.717, 1.165) is 19.3 Å². The maximum absolute atomic E-state index is 12.2. The molecule has 0 radical (unpaired) electrons. The number of ether oxygens (including phenoxy) is 1. The second-order valence-electron chi connectivity index (χ2n) is 6.31. The van der Waals surface area contributed by atoms with Crippen LogP contribution < -0.4 is 0 Å². The fourth-order valence-corrected chi connectivity index (χ4v) is 3.94. The van der Waals surface area contributed by atoms with Gasteiger partial charge in [0.1, 0.15) is 10.6 Å². The van der Waals surface area contributed by atoms with Crippen LogP contribution in [-0.4, -0.2) is 30.4 Å². The Kier molecular flexibility index (Phi) is 5.04. The van der Waals surface area contributed by atoms with Crippen molar-refractivity contribution in [2.24, 2.45) is 5.92 Å². The highest BCUT2D eigenvalue weighted by atomic mass is 32.1. The Morgan fingerprint density at radius 2 is 2.29 bits per heavy atom. The van der Waals surface area contributed by atoms with Gasteiger partial charge in [-0.3, -0.25) is 4.79 Å². The molecule has 2 aromatic rings. The van der Waals surface area contributed by atoms with Crippen LogP contribution in [0.25, 0.3) is 0 Å². The molecule has 0 spiro atoms. The normalized spacial score (nSPS) is 16.5. The molecular weight excluding hydrogens is 326 g/mol. The third-order valence-corrected chi connectivity index (χ3v) is 5.47. The molecule has 1 atom stereocenters. The summed E-state index contributed by atoms with van der Waals surface area (Å²) in [4.78, 5) is 27.6. The van der Waals surface area contributed by atoms with Gasteiger partial charge in [0.2, 0.25) is 0 Å². The molecule has 0 saturated carbocycles. The summed E-state index contributed by atoms with van der Waals surface area (Å²) in [5, 5.41) is 0. The number of likely N-dealkylation sites (N-methyl/N-ethyl adjacent to an activating group) is 1. The number of carbonyl (C=O) groups excluding carboxylic acids is 2. The van der Waals surface area contributed by atoms with Crippen molar-refractivity contribution in [2.45, 2.75) is 32.7 Å². The summed E-state index contributed by atoms with van der Waals surface area (Å²) in [6.07, 6.45) is 4.77. The van der Waals surface area contributed by atoms with Crippen molar-refractivity contribution in [1.82, 2.24) is 4.90 Å². The van der Waals surface area contributed by atoms with E-state index in [1.165, 1.54) is 26.7 Å². The summed E-state index contributed by atoms with van der Waals surface area (Å²) >= 11 is 1.49. The van der Waals surface area contributed by atoms with E-state index in [1.54, 1.807) is 25.4 Å². The largest absolute Gasteiger partial charge is 0.467 e. The molecule has 0 N–H and O–H groups in total. The van der Waals surface area contributed by atoms with Crippen molar-refractivity contribution in [1.29, 1.82) is 0 Å². The van der Waals surface area contributed by atoms with Crippen molar-refractivity contribution >= 4 is 23.2 Å². The van der Waals surface area contributed by atoms with Crippen LogP contribution in [-0.2, 0) is 28.9 Å². The highest BCUT2D eigenvalue weighted by molar-refractivity contribution is 7.14. The highest BCUT2D eigenvalue weighted by Crippen LogP contribution is 2.32. The van der Waals surface area contributed by atoms with E-state index >= 15 is 0 Å². The molecule has 24 heavy (non-hydrogen) atoms. The molecule has 1 aliphatic carbocycles. The number of carbonyl (C=O) groups is 2. The molecule has 6 heteroatoms. The second kappa shape index (κ2) is 7.21. The fraction of sp³-hybridized carbons (Fsp3) is 0.444. The van der Waals surface area contributed by atoms with Crippen molar-refractivity contribution in [2.75, 3.05) is 13.7 Å². The topological polar surface area (TPSA) is 59.8 Å². The summed E-state index contributed by atoms with van der Waals surface area (Å²) < 4.78 is 10.4. The van der Waals surface area contributed by atoms with Gasteiger partial charge in [-0.2, -0.15) is 0 Å². The van der Waals surface area contributed by atoms with Gasteiger partial charge >= 0.3 is 5.97 Å². The number of thiophene rings is 1. The van der Waals surface area contributed by atoms with Gasteiger partial charge in [-0.15, -0.1) is 11.3 Å². The monoisotopic (exact) mass is 347 g/mol. The SMILES string of the molecule is C[C@H]1CCc2sc(C(=O)OCC(=O)N(C)Cc3ccco3)cc2C1. The third-order valence-electron chi connectivity index (χ3n) is 4.26. The van der Waals surface area contributed by atoms with Crippen molar-refractivity contribution in [3.05, 3.63) is 45.5 Å². The van der Waals surface area contributed by atoms with Gasteiger partial charge in [0.15, 0.2) is 6.61 Å². The Hall–Kier alpha value is -2.08. The predicted octanol–water partition coefficient (Wildman–Crippen LogP) is 3.28. The van der Waals surface area contributed by atoms with E-state index in [9.17, 15) is 9.59 Å². The van der Waals surface area contributed by atoms with Gasteiger partial charge in [0.05, 0.1) is 12.8 Å². The summed E-state index contributed by atoms with van der Waals surface area (Å²) in [6.45, 7) is 2.33. The first-order valence-corrected chi connectivity index (χ1v) is 8.89. The summed E-state index contributed by atoms with van der Waals surface area (Å²) in [7, 11) is 1.66. The van der Waals surface area contributed by atoms with Crippen LogP contribution in [0.3, 0.4) is 0 Å². The summed E-state index contributed by atoms with van der Waals surface area (Å²) in [6, 6.07) is 5.50. The van der Waals surface area contributed by atoms with Gasteiger partial charge in [0, 0.05) is 11.9 Å². The number of aryl methyl sites for hydroxylation is 1. The highest BCUT2D eigenvalue weighted by Gasteiger charge is 2.22. The average molecular weight is 347 g/mol. The Labute approximate surface area is 145 Å². The molecule has 1 amide bonds. The van der Waals surface area contributed by atoms with Gasteiger partial charge in [0.25, 0.3) is 5.91 Å². The molecule has 0 unspecified atom stereocenters. The van der Waals surface area contributed by atoms with Crippen molar-refractivity contribution in [3.63, 3.8) is 0 Å². The molecule has 1 aliphatic rings. The number of fused-ring (bicyclic) bond motifs is 1. The first-order chi connectivity index (χ1) is 11.5. The smallest absolute Gasteiger partial charge is 0.348 e. The van der Waals surface area contributed by atoms with Crippen LogP contribution in [0, 0.1) is 5.92 Å². The number of esters is 1. The van der Waals surface area contributed by atoms with Crippen LogP contribution in [0.1, 0.15) is 39.2 Å². The minimum Gasteiger partial charge on any atom is -0.467 e. The van der Waals surface area contributed by atoms with Crippen LogP contribution in [0.4, 0.5) is 0 Å². The van der Waals surface area contributed by atoms with Gasteiger partial charge in [-0.1, -0.05) is 6.92 Å². The minimum absolute atomic E-state index is 0.255. The molecule has 0 bridgehead atoms. The molecule has 0 fully saturated rings. The van der Waals surface area contributed by atoms with E-state index in [0.29, 0.717) is 23.1 Å². The zero-order chi connectivity index (χ0) is 17.1. The number of hydrogen-bond donors (Lipinski definition) is 0. The molecule has 128 valence electrons. The molecule has 0 aromatic carbocycles. The number of rotatable bonds is 5. The van der Waals surface area contributed by atoms with E-state index < -0.39 is 5.97 Å². The van der Waals surface area contributed by atoms with Gasteiger partial charge in [-0.25, -0.2) is 4.79 Å².